The predicted molar refractivity (Wildman–Crippen MR) is 79.9 cm³/mol. The molecule has 0 amide bonds. The van der Waals surface area contributed by atoms with Crippen LogP contribution in [0.25, 0.3) is 0 Å². The highest BCUT2D eigenvalue weighted by Gasteiger charge is 2.22. The lowest BCUT2D eigenvalue weighted by atomic mass is 10.1. The van der Waals surface area contributed by atoms with E-state index >= 15 is 0 Å². The fourth-order valence-corrected chi connectivity index (χ4v) is 2.65. The van der Waals surface area contributed by atoms with Crippen molar-refractivity contribution in [3.05, 3.63) is 50.7 Å². The molecule has 1 heterocycles. The maximum absolute atomic E-state index is 12.6. The smallest absolute Gasteiger partial charge is 0.213 e. The molecular weight excluding hydrogens is 328 g/mol. The van der Waals surface area contributed by atoms with E-state index in [9.17, 15) is 4.79 Å². The Labute approximate surface area is 125 Å². The molecule has 0 saturated heterocycles. The van der Waals surface area contributed by atoms with Crippen molar-refractivity contribution in [2.24, 2.45) is 0 Å². The van der Waals surface area contributed by atoms with Crippen LogP contribution in [0.5, 0.6) is 0 Å². The normalized spacial score (nSPS) is 11.1. The van der Waals surface area contributed by atoms with Crippen LogP contribution in [-0.4, -0.2) is 15.6 Å². The summed E-state index contributed by atoms with van der Waals surface area (Å²) in [5, 5.41) is 4.68. The number of rotatable bonds is 3. The zero-order valence-corrected chi connectivity index (χ0v) is 13.3. The van der Waals surface area contributed by atoms with E-state index in [1.165, 1.54) is 0 Å². The van der Waals surface area contributed by atoms with Gasteiger partial charge in [0.1, 0.15) is 5.69 Å². The standard InChI is InChI=1S/C14H14BrClN2O/c1-8(2)18-13(11(15)7-17-18)14(19)10-5-4-9(3)6-12(10)16/h4-8H,1-3H3. The molecule has 1 aromatic carbocycles. The Morgan fingerprint density at radius 3 is 2.68 bits per heavy atom. The molecule has 0 aliphatic heterocycles. The van der Waals surface area contributed by atoms with E-state index < -0.39 is 0 Å². The number of hydrogen-bond donors (Lipinski definition) is 0. The average Bonchev–Trinajstić information content (AvgIpc) is 2.70. The van der Waals surface area contributed by atoms with Gasteiger partial charge < -0.3 is 0 Å². The molecule has 0 bridgehead atoms. The van der Waals surface area contributed by atoms with Crippen LogP contribution in [0.3, 0.4) is 0 Å². The molecule has 0 atom stereocenters. The fraction of sp³-hybridized carbons (Fsp3) is 0.286. The molecule has 100 valence electrons. The van der Waals surface area contributed by atoms with Gasteiger partial charge in [-0.25, -0.2) is 0 Å². The Bertz CT molecular complexity index is 634. The lowest BCUT2D eigenvalue weighted by Crippen LogP contribution is -2.14. The highest BCUT2D eigenvalue weighted by atomic mass is 79.9. The van der Waals surface area contributed by atoms with Crippen LogP contribution in [0.2, 0.25) is 5.02 Å². The Morgan fingerprint density at radius 2 is 2.11 bits per heavy atom. The van der Waals surface area contributed by atoms with E-state index in [1.54, 1.807) is 23.0 Å². The molecule has 19 heavy (non-hydrogen) atoms. The van der Waals surface area contributed by atoms with Gasteiger partial charge in [0.25, 0.3) is 0 Å². The number of aromatic nitrogens is 2. The van der Waals surface area contributed by atoms with Crippen molar-refractivity contribution >= 4 is 33.3 Å². The van der Waals surface area contributed by atoms with Gasteiger partial charge in [-0.15, -0.1) is 0 Å². The lowest BCUT2D eigenvalue weighted by Gasteiger charge is -2.11. The van der Waals surface area contributed by atoms with E-state index in [-0.39, 0.29) is 11.8 Å². The summed E-state index contributed by atoms with van der Waals surface area (Å²) >= 11 is 9.53. The van der Waals surface area contributed by atoms with Crippen LogP contribution >= 0.6 is 27.5 Å². The van der Waals surface area contributed by atoms with Crippen molar-refractivity contribution in [3.63, 3.8) is 0 Å². The Kier molecular flexibility index (Phi) is 4.11. The molecule has 0 spiro atoms. The summed E-state index contributed by atoms with van der Waals surface area (Å²) < 4.78 is 2.38. The summed E-state index contributed by atoms with van der Waals surface area (Å²) in [5.74, 6) is -0.122. The SMILES string of the molecule is Cc1ccc(C(=O)c2c(Br)cnn2C(C)C)c(Cl)c1. The number of aryl methyl sites for hydroxylation is 1. The third kappa shape index (κ3) is 2.74. The molecule has 2 rings (SSSR count). The Morgan fingerprint density at radius 1 is 1.42 bits per heavy atom. The average molecular weight is 342 g/mol. The topological polar surface area (TPSA) is 34.9 Å². The minimum absolute atomic E-state index is 0.106. The lowest BCUT2D eigenvalue weighted by molar-refractivity contribution is 0.102. The highest BCUT2D eigenvalue weighted by Crippen LogP contribution is 2.26. The summed E-state index contributed by atoms with van der Waals surface area (Å²) in [6.45, 7) is 5.90. The maximum Gasteiger partial charge on any atom is 0.213 e. The van der Waals surface area contributed by atoms with Gasteiger partial charge in [0.05, 0.1) is 15.7 Å². The summed E-state index contributed by atoms with van der Waals surface area (Å²) in [7, 11) is 0. The van der Waals surface area contributed by atoms with Crippen molar-refractivity contribution < 1.29 is 4.79 Å². The van der Waals surface area contributed by atoms with Gasteiger partial charge in [-0.3, -0.25) is 9.48 Å². The molecule has 1 aromatic heterocycles. The number of halogens is 2. The quantitative estimate of drug-likeness (QED) is 0.775. The van der Waals surface area contributed by atoms with Crippen molar-refractivity contribution in [2.75, 3.05) is 0 Å². The van der Waals surface area contributed by atoms with Crippen LogP contribution in [-0.2, 0) is 0 Å². The van der Waals surface area contributed by atoms with Gasteiger partial charge in [-0.1, -0.05) is 17.7 Å². The third-order valence-electron chi connectivity index (χ3n) is 2.82. The molecule has 0 N–H and O–H groups in total. The second-order valence-electron chi connectivity index (χ2n) is 4.69. The van der Waals surface area contributed by atoms with Crippen LogP contribution in [0, 0.1) is 6.92 Å². The predicted octanol–water partition coefficient (Wildman–Crippen LogP) is 4.42. The Balaban J connectivity index is 2.53. The summed E-state index contributed by atoms with van der Waals surface area (Å²) in [4.78, 5) is 12.6. The number of carbonyl (C=O) groups is 1. The van der Waals surface area contributed by atoms with E-state index in [4.69, 9.17) is 11.6 Å². The van der Waals surface area contributed by atoms with Gasteiger partial charge in [0.15, 0.2) is 0 Å². The summed E-state index contributed by atoms with van der Waals surface area (Å²) in [6.07, 6.45) is 1.63. The second-order valence-corrected chi connectivity index (χ2v) is 5.95. The summed E-state index contributed by atoms with van der Waals surface area (Å²) in [5.41, 5.74) is 2.05. The third-order valence-corrected chi connectivity index (χ3v) is 3.72. The number of ketones is 1. The van der Waals surface area contributed by atoms with E-state index in [0.29, 0.717) is 20.8 Å². The Hall–Kier alpha value is -1.13. The first-order chi connectivity index (χ1) is 8.91. The van der Waals surface area contributed by atoms with Crippen LogP contribution < -0.4 is 0 Å². The molecule has 5 heteroatoms. The van der Waals surface area contributed by atoms with Gasteiger partial charge in [0, 0.05) is 11.6 Å². The molecule has 0 aliphatic rings. The molecule has 0 unspecified atom stereocenters. The first-order valence-corrected chi connectivity index (χ1v) is 7.12. The first kappa shape index (κ1) is 14.3. The van der Waals surface area contributed by atoms with E-state index in [2.05, 4.69) is 21.0 Å². The molecule has 0 saturated carbocycles. The number of hydrogen-bond acceptors (Lipinski definition) is 2. The number of carbonyl (C=O) groups excluding carboxylic acids is 1. The van der Waals surface area contributed by atoms with Gasteiger partial charge >= 0.3 is 0 Å². The van der Waals surface area contributed by atoms with Gasteiger partial charge in [0.2, 0.25) is 5.78 Å². The van der Waals surface area contributed by atoms with Gasteiger partial charge in [-0.2, -0.15) is 5.10 Å². The summed E-state index contributed by atoms with van der Waals surface area (Å²) in [6, 6.07) is 5.53. The molecule has 2 aromatic rings. The van der Waals surface area contributed by atoms with E-state index in [1.807, 2.05) is 26.8 Å². The molecular formula is C14H14BrClN2O. The maximum atomic E-state index is 12.6. The monoisotopic (exact) mass is 340 g/mol. The molecule has 0 radical (unpaired) electrons. The van der Waals surface area contributed by atoms with Crippen molar-refractivity contribution in [1.82, 2.24) is 9.78 Å². The number of nitrogens with zero attached hydrogens (tertiary/aromatic N) is 2. The highest BCUT2D eigenvalue weighted by molar-refractivity contribution is 9.10. The van der Waals surface area contributed by atoms with Crippen LogP contribution in [0.1, 0.15) is 41.5 Å². The minimum Gasteiger partial charge on any atom is -0.287 e. The van der Waals surface area contributed by atoms with E-state index in [0.717, 1.165) is 5.56 Å². The second kappa shape index (κ2) is 5.47. The number of benzene rings is 1. The first-order valence-electron chi connectivity index (χ1n) is 5.95. The van der Waals surface area contributed by atoms with Gasteiger partial charge in [-0.05, 0) is 54.4 Å². The van der Waals surface area contributed by atoms with Crippen molar-refractivity contribution in [3.8, 4) is 0 Å². The molecule has 0 fully saturated rings. The van der Waals surface area contributed by atoms with Crippen molar-refractivity contribution in [1.29, 1.82) is 0 Å². The minimum atomic E-state index is -0.122. The molecule has 0 aliphatic carbocycles. The fourth-order valence-electron chi connectivity index (χ4n) is 1.88. The largest absolute Gasteiger partial charge is 0.287 e. The van der Waals surface area contributed by atoms with Crippen LogP contribution in [0.4, 0.5) is 0 Å². The zero-order valence-electron chi connectivity index (χ0n) is 10.9. The van der Waals surface area contributed by atoms with Crippen molar-refractivity contribution in [2.45, 2.75) is 26.8 Å². The molecule has 3 nitrogen and oxygen atoms in total. The van der Waals surface area contributed by atoms with Crippen LogP contribution in [0.15, 0.2) is 28.9 Å². The zero-order chi connectivity index (χ0) is 14.2.